The molecule has 126 valence electrons. The lowest BCUT2D eigenvalue weighted by atomic mass is 9.69. The zero-order valence-electron chi connectivity index (χ0n) is 14.4. The van der Waals surface area contributed by atoms with Gasteiger partial charge in [-0.1, -0.05) is 43.7 Å². The predicted molar refractivity (Wildman–Crippen MR) is 85.9 cm³/mol. The fourth-order valence-corrected chi connectivity index (χ4v) is 4.80. The summed E-state index contributed by atoms with van der Waals surface area (Å²) in [6.07, 6.45) is -0.500. The number of rotatable bonds is 1. The van der Waals surface area contributed by atoms with Crippen LogP contribution in [-0.2, 0) is 19.8 Å². The molecule has 0 spiro atoms. The highest BCUT2D eigenvalue weighted by Crippen LogP contribution is 2.55. The minimum Gasteiger partial charge on any atom is -0.384 e. The van der Waals surface area contributed by atoms with Crippen LogP contribution in [0.3, 0.4) is 0 Å². The van der Waals surface area contributed by atoms with E-state index < -0.39 is 11.4 Å². The largest absolute Gasteiger partial charge is 0.384 e. The van der Waals surface area contributed by atoms with Crippen LogP contribution in [0, 0.1) is 18.8 Å². The molecule has 0 radical (unpaired) electrons. The Bertz CT molecular complexity index is 600. The summed E-state index contributed by atoms with van der Waals surface area (Å²) in [5.41, 5.74) is 1.19. The van der Waals surface area contributed by atoms with E-state index in [2.05, 4.69) is 32.9 Å². The molecule has 1 unspecified atom stereocenters. The number of fused-ring (bicyclic) bond motifs is 5. The van der Waals surface area contributed by atoms with Crippen LogP contribution in [0.25, 0.3) is 0 Å². The van der Waals surface area contributed by atoms with Crippen molar-refractivity contribution in [3.05, 3.63) is 35.4 Å². The first-order valence-corrected chi connectivity index (χ1v) is 8.54. The lowest BCUT2D eigenvalue weighted by Gasteiger charge is -2.48. The number of aliphatic hydroxyl groups is 1. The van der Waals surface area contributed by atoms with E-state index in [9.17, 15) is 5.11 Å². The van der Waals surface area contributed by atoms with Gasteiger partial charge in [-0.25, -0.2) is 0 Å². The molecule has 1 aromatic carbocycles. The second-order valence-electron chi connectivity index (χ2n) is 7.90. The van der Waals surface area contributed by atoms with Crippen LogP contribution in [0.15, 0.2) is 24.3 Å². The molecule has 23 heavy (non-hydrogen) atoms. The van der Waals surface area contributed by atoms with Crippen LogP contribution >= 0.6 is 0 Å². The van der Waals surface area contributed by atoms with Crippen molar-refractivity contribution in [1.29, 1.82) is 0 Å². The average molecular weight is 318 g/mol. The fraction of sp³-hybridized carbons (Fsp3) is 0.684. The van der Waals surface area contributed by atoms with Gasteiger partial charge < -0.3 is 19.3 Å². The molecule has 7 atom stereocenters. The second-order valence-corrected chi connectivity index (χ2v) is 7.90. The molecular weight excluding hydrogens is 292 g/mol. The quantitative estimate of drug-likeness (QED) is 0.865. The first-order valence-electron chi connectivity index (χ1n) is 8.54. The van der Waals surface area contributed by atoms with Crippen molar-refractivity contribution in [1.82, 2.24) is 0 Å². The van der Waals surface area contributed by atoms with Gasteiger partial charge in [0.05, 0.1) is 17.8 Å². The van der Waals surface area contributed by atoms with Crippen molar-refractivity contribution in [2.75, 3.05) is 0 Å². The molecule has 0 aromatic heterocycles. The van der Waals surface area contributed by atoms with Crippen molar-refractivity contribution < 1.29 is 19.3 Å². The van der Waals surface area contributed by atoms with Crippen molar-refractivity contribution >= 4 is 0 Å². The smallest absolute Gasteiger partial charge is 0.164 e. The molecule has 4 nitrogen and oxygen atoms in total. The molecule has 0 aliphatic carbocycles. The van der Waals surface area contributed by atoms with E-state index in [-0.39, 0.29) is 36.3 Å². The van der Waals surface area contributed by atoms with Crippen LogP contribution < -0.4 is 0 Å². The highest BCUT2D eigenvalue weighted by Gasteiger charge is 2.66. The summed E-state index contributed by atoms with van der Waals surface area (Å²) in [7, 11) is 0. The second kappa shape index (κ2) is 4.79. The fourth-order valence-electron chi connectivity index (χ4n) is 4.80. The molecule has 0 saturated carbocycles. The van der Waals surface area contributed by atoms with Gasteiger partial charge in [0, 0.05) is 11.8 Å². The molecule has 3 aliphatic rings. The summed E-state index contributed by atoms with van der Waals surface area (Å²) in [5, 5.41) is 11.7. The van der Waals surface area contributed by atoms with Gasteiger partial charge in [-0.2, -0.15) is 0 Å². The van der Waals surface area contributed by atoms with Crippen LogP contribution in [0.1, 0.15) is 38.8 Å². The molecular formula is C19H26O4. The average Bonchev–Trinajstić information content (AvgIpc) is 2.95. The van der Waals surface area contributed by atoms with E-state index in [1.807, 2.05) is 26.0 Å². The standard InChI is InChI=1S/C19H26O4/c1-10-7-6-8-13(9-10)19(20)11(2)14-16-17(15(21-14)12(19)3)23-18(4,5)22-16/h6-9,11-12,14-17,20H,1-5H3/t11-,12+,14-,15+,16-,17+,19?. The van der Waals surface area contributed by atoms with Crippen LogP contribution in [0.5, 0.6) is 0 Å². The Hall–Kier alpha value is -0.940. The maximum absolute atomic E-state index is 11.7. The third-order valence-corrected chi connectivity index (χ3v) is 5.98. The molecule has 1 aromatic rings. The maximum Gasteiger partial charge on any atom is 0.164 e. The molecule has 4 heteroatoms. The van der Waals surface area contributed by atoms with Gasteiger partial charge in [0.25, 0.3) is 0 Å². The van der Waals surface area contributed by atoms with E-state index in [4.69, 9.17) is 14.2 Å². The minimum atomic E-state index is -0.930. The summed E-state index contributed by atoms with van der Waals surface area (Å²) in [5.74, 6) is -0.709. The van der Waals surface area contributed by atoms with E-state index in [1.54, 1.807) is 0 Å². The predicted octanol–water partition coefficient (Wildman–Crippen LogP) is 2.76. The lowest BCUT2D eigenvalue weighted by molar-refractivity contribution is -0.252. The summed E-state index contributed by atoms with van der Waals surface area (Å²) < 4.78 is 18.4. The number of ether oxygens (including phenoxy) is 3. The molecule has 3 aliphatic heterocycles. The summed E-state index contributed by atoms with van der Waals surface area (Å²) in [6.45, 7) is 10.1. The van der Waals surface area contributed by atoms with Gasteiger partial charge in [-0.05, 0) is 26.3 Å². The highest BCUT2D eigenvalue weighted by atomic mass is 16.8. The zero-order chi connectivity index (χ0) is 16.6. The summed E-state index contributed by atoms with van der Waals surface area (Å²) >= 11 is 0. The minimum absolute atomic E-state index is 0.0666. The van der Waals surface area contributed by atoms with Gasteiger partial charge in [0.1, 0.15) is 12.2 Å². The first-order chi connectivity index (χ1) is 10.7. The topological polar surface area (TPSA) is 47.9 Å². The van der Waals surface area contributed by atoms with Crippen molar-refractivity contribution in [2.24, 2.45) is 11.8 Å². The Morgan fingerprint density at radius 2 is 1.52 bits per heavy atom. The Kier molecular flexibility index (Phi) is 3.24. The molecule has 3 fully saturated rings. The number of hydrogen-bond donors (Lipinski definition) is 1. The summed E-state index contributed by atoms with van der Waals surface area (Å²) in [4.78, 5) is 0. The van der Waals surface area contributed by atoms with Crippen LogP contribution in [-0.4, -0.2) is 35.3 Å². The normalized spacial score (nSPS) is 47.6. The van der Waals surface area contributed by atoms with Crippen molar-refractivity contribution in [2.45, 2.75) is 70.4 Å². The van der Waals surface area contributed by atoms with Gasteiger partial charge in [-0.15, -0.1) is 0 Å². The highest BCUT2D eigenvalue weighted by molar-refractivity contribution is 5.31. The molecule has 0 amide bonds. The Labute approximate surface area is 137 Å². The Morgan fingerprint density at radius 1 is 0.957 bits per heavy atom. The van der Waals surface area contributed by atoms with Gasteiger partial charge in [-0.3, -0.25) is 0 Å². The first kappa shape index (κ1) is 15.6. The molecule has 3 heterocycles. The van der Waals surface area contributed by atoms with Gasteiger partial charge >= 0.3 is 0 Å². The van der Waals surface area contributed by atoms with Crippen molar-refractivity contribution in [3.8, 4) is 0 Å². The van der Waals surface area contributed by atoms with Crippen molar-refractivity contribution in [3.63, 3.8) is 0 Å². The summed E-state index contributed by atoms with van der Waals surface area (Å²) in [6, 6.07) is 8.17. The van der Waals surface area contributed by atoms with E-state index in [0.29, 0.717) is 0 Å². The molecule has 4 rings (SSSR count). The maximum atomic E-state index is 11.7. The monoisotopic (exact) mass is 318 g/mol. The Balaban J connectivity index is 1.76. The van der Waals surface area contributed by atoms with E-state index in [0.717, 1.165) is 11.1 Å². The molecule has 1 N–H and O–H groups in total. The van der Waals surface area contributed by atoms with Gasteiger partial charge in [0.2, 0.25) is 0 Å². The number of aryl methyl sites for hydroxylation is 1. The number of hydrogen-bond acceptors (Lipinski definition) is 4. The third kappa shape index (κ3) is 2.05. The molecule has 3 saturated heterocycles. The number of benzene rings is 1. The van der Waals surface area contributed by atoms with E-state index in [1.165, 1.54) is 0 Å². The van der Waals surface area contributed by atoms with Crippen LogP contribution in [0.2, 0.25) is 0 Å². The third-order valence-electron chi connectivity index (χ3n) is 5.98. The van der Waals surface area contributed by atoms with E-state index >= 15 is 0 Å². The SMILES string of the molecule is Cc1cccc(C2(O)[C@H](C)[C@H]3O[C@H]([C@@H]4OC(C)(C)O[C@@H]43)[C@@H]2C)c1. The van der Waals surface area contributed by atoms with Crippen LogP contribution in [0.4, 0.5) is 0 Å². The Morgan fingerprint density at radius 3 is 2.04 bits per heavy atom. The van der Waals surface area contributed by atoms with Gasteiger partial charge in [0.15, 0.2) is 5.79 Å². The lowest BCUT2D eigenvalue weighted by Crippen LogP contribution is -2.55. The molecule has 2 bridgehead atoms. The zero-order valence-corrected chi connectivity index (χ0v) is 14.4.